The third-order valence-corrected chi connectivity index (χ3v) is 9.44. The van der Waals surface area contributed by atoms with Crippen molar-refractivity contribution in [3.8, 4) is 0 Å². The van der Waals surface area contributed by atoms with Crippen LogP contribution in [0.1, 0.15) is 166 Å². The number of benzene rings is 2. The predicted octanol–water partition coefficient (Wildman–Crippen LogP) is 8.45. The molecule has 41 heavy (non-hydrogen) atoms. The molecule has 0 bridgehead atoms. The molecular weight excluding hydrogens is 552 g/mol. The quantitative estimate of drug-likeness (QED) is 0.0644. The molecule has 0 amide bonds. The number of rotatable bonds is 25. The summed E-state index contributed by atoms with van der Waals surface area (Å²) in [5, 5.41) is 2.00. The minimum absolute atomic E-state index is 0. The average molecular weight is 611 g/mol. The van der Waals surface area contributed by atoms with Crippen molar-refractivity contribution in [3.05, 3.63) is 41.5 Å². The molecule has 0 saturated heterocycles. The zero-order valence-electron chi connectivity index (χ0n) is 27.0. The summed E-state index contributed by atoms with van der Waals surface area (Å²) in [4.78, 5) is -0.0149. The summed E-state index contributed by atoms with van der Waals surface area (Å²) in [5.41, 5.74) is 1.99. The zero-order chi connectivity index (χ0) is 28.9. The summed E-state index contributed by atoms with van der Waals surface area (Å²) in [6, 6.07) is 9.77. The number of hydrogen-bond acceptors (Lipinski definition) is 3. The topological polar surface area (TPSA) is 57.2 Å². The molecule has 2 aromatic carbocycles. The van der Waals surface area contributed by atoms with Crippen LogP contribution in [0, 0.1) is 0 Å². The van der Waals surface area contributed by atoms with Crippen LogP contribution < -0.4 is 51.4 Å². The van der Waals surface area contributed by atoms with E-state index in [4.69, 9.17) is 0 Å². The van der Waals surface area contributed by atoms with E-state index >= 15 is 0 Å². The molecule has 0 aliphatic carbocycles. The third-order valence-electron chi connectivity index (χ3n) is 8.52. The molecule has 0 fully saturated rings. The summed E-state index contributed by atoms with van der Waals surface area (Å²) >= 11 is 0. The van der Waals surface area contributed by atoms with E-state index in [0.29, 0.717) is 12.0 Å². The van der Waals surface area contributed by atoms with Gasteiger partial charge in [-0.2, -0.15) is 0 Å². The summed E-state index contributed by atoms with van der Waals surface area (Å²) in [7, 11) is -4.49. The van der Waals surface area contributed by atoms with Crippen molar-refractivity contribution in [1.82, 2.24) is 0 Å². The van der Waals surface area contributed by atoms with E-state index < -0.39 is 10.1 Å². The average Bonchev–Trinajstić information content (AvgIpc) is 2.93. The standard InChI is InChI=1S/C36H60O3S.K/c1-3-5-7-9-11-13-15-17-19-21-23-26-32-28-25-29-33-31-36(40(37,38)39)34(30-35(32)33)27-24-22-20-18-16-14-12-10-8-6-4-2;/h25,28-31H,3-24,26-27H2,1-2H3,(H,37,38,39);/q;+1/p-1. The first-order valence-electron chi connectivity index (χ1n) is 17.0. The minimum atomic E-state index is -4.49. The Morgan fingerprint density at radius 1 is 0.537 bits per heavy atom. The maximum absolute atomic E-state index is 12.1. The van der Waals surface area contributed by atoms with Gasteiger partial charge in [0.25, 0.3) is 0 Å². The van der Waals surface area contributed by atoms with E-state index in [0.717, 1.165) is 36.5 Å². The Morgan fingerprint density at radius 3 is 1.34 bits per heavy atom. The minimum Gasteiger partial charge on any atom is -0.744 e. The van der Waals surface area contributed by atoms with E-state index in [1.54, 1.807) is 6.07 Å². The zero-order valence-corrected chi connectivity index (χ0v) is 30.9. The molecule has 0 heterocycles. The van der Waals surface area contributed by atoms with Crippen LogP contribution in [0.15, 0.2) is 35.2 Å². The Balaban J connectivity index is 0.00000840. The van der Waals surface area contributed by atoms with Gasteiger partial charge in [-0.15, -0.1) is 0 Å². The van der Waals surface area contributed by atoms with Gasteiger partial charge in [0.05, 0.1) is 4.90 Å². The summed E-state index contributed by atoms with van der Waals surface area (Å²) < 4.78 is 36.3. The number of unbranched alkanes of at least 4 members (excludes halogenated alkanes) is 20. The van der Waals surface area contributed by atoms with Gasteiger partial charge in [0.2, 0.25) is 0 Å². The molecule has 2 rings (SSSR count). The Bertz CT molecular complexity index is 1030. The van der Waals surface area contributed by atoms with E-state index in [1.807, 2.05) is 18.2 Å². The Kier molecular flexibility index (Phi) is 23.5. The smallest absolute Gasteiger partial charge is 0.744 e. The van der Waals surface area contributed by atoms with Crippen molar-refractivity contribution in [2.75, 3.05) is 0 Å². The van der Waals surface area contributed by atoms with Crippen LogP contribution in [-0.4, -0.2) is 13.0 Å². The van der Waals surface area contributed by atoms with E-state index in [9.17, 15) is 13.0 Å². The van der Waals surface area contributed by atoms with Crippen molar-refractivity contribution in [1.29, 1.82) is 0 Å². The molecule has 3 nitrogen and oxygen atoms in total. The molecule has 0 aliphatic heterocycles. The molecule has 0 saturated carbocycles. The van der Waals surface area contributed by atoms with E-state index in [2.05, 4.69) is 19.9 Å². The summed E-state index contributed by atoms with van der Waals surface area (Å²) in [6.07, 6.45) is 30.1. The first-order valence-corrected chi connectivity index (χ1v) is 18.4. The molecule has 5 heteroatoms. The van der Waals surface area contributed by atoms with Gasteiger partial charge in [-0.25, -0.2) is 8.42 Å². The van der Waals surface area contributed by atoms with Gasteiger partial charge in [-0.05, 0) is 59.7 Å². The maximum Gasteiger partial charge on any atom is 1.00 e. The van der Waals surface area contributed by atoms with Crippen LogP contribution in [0.3, 0.4) is 0 Å². The van der Waals surface area contributed by atoms with Crippen LogP contribution in [-0.2, 0) is 23.0 Å². The van der Waals surface area contributed by atoms with Crippen molar-refractivity contribution in [2.45, 2.75) is 173 Å². The molecule has 0 unspecified atom stereocenters. The van der Waals surface area contributed by atoms with Gasteiger partial charge in [0.15, 0.2) is 0 Å². The van der Waals surface area contributed by atoms with Crippen molar-refractivity contribution in [3.63, 3.8) is 0 Å². The molecule has 228 valence electrons. The van der Waals surface area contributed by atoms with Gasteiger partial charge in [-0.1, -0.05) is 160 Å². The number of fused-ring (bicyclic) bond motifs is 1. The molecular formula is C36H59KO3S. The van der Waals surface area contributed by atoms with E-state index in [-0.39, 0.29) is 56.3 Å². The SMILES string of the molecule is CCCCCCCCCCCCCc1cc2c(CCCCCCCCCCCCC)cccc2cc1S(=O)(=O)[O-].[K+]. The molecule has 0 aromatic heterocycles. The second-order valence-corrected chi connectivity index (χ2v) is 13.5. The molecule has 0 aliphatic rings. The third kappa shape index (κ3) is 17.4. The van der Waals surface area contributed by atoms with Crippen LogP contribution in [0.25, 0.3) is 10.8 Å². The van der Waals surface area contributed by atoms with Gasteiger partial charge in [-0.3, -0.25) is 0 Å². The van der Waals surface area contributed by atoms with Crippen molar-refractivity contribution in [2.24, 2.45) is 0 Å². The molecule has 0 N–H and O–H groups in total. The maximum atomic E-state index is 12.1. The first-order chi connectivity index (χ1) is 19.5. The Hall–Kier alpha value is 0.246. The largest absolute Gasteiger partial charge is 1.00 e. The Morgan fingerprint density at radius 2 is 0.927 bits per heavy atom. The fourth-order valence-electron chi connectivity index (χ4n) is 6.02. The number of aryl methyl sites for hydroxylation is 2. The fourth-order valence-corrected chi connectivity index (χ4v) is 6.77. The van der Waals surface area contributed by atoms with Crippen molar-refractivity contribution < 1.29 is 64.4 Å². The Labute approximate surface area is 296 Å². The summed E-state index contributed by atoms with van der Waals surface area (Å²) in [6.45, 7) is 4.53. The number of hydrogen-bond donors (Lipinski definition) is 0. The summed E-state index contributed by atoms with van der Waals surface area (Å²) in [5.74, 6) is 0. The second kappa shape index (κ2) is 24.6. The van der Waals surface area contributed by atoms with Gasteiger partial charge >= 0.3 is 51.4 Å². The predicted molar refractivity (Wildman–Crippen MR) is 172 cm³/mol. The molecule has 0 atom stereocenters. The van der Waals surface area contributed by atoms with Gasteiger partial charge in [0, 0.05) is 0 Å². The van der Waals surface area contributed by atoms with Crippen LogP contribution >= 0.6 is 0 Å². The molecule has 0 radical (unpaired) electrons. The monoisotopic (exact) mass is 610 g/mol. The second-order valence-electron chi connectivity index (χ2n) is 12.1. The van der Waals surface area contributed by atoms with Crippen LogP contribution in [0.5, 0.6) is 0 Å². The van der Waals surface area contributed by atoms with Crippen LogP contribution in [0.4, 0.5) is 0 Å². The normalized spacial score (nSPS) is 11.7. The first kappa shape index (κ1) is 39.3. The van der Waals surface area contributed by atoms with Gasteiger partial charge < -0.3 is 4.55 Å². The molecule has 2 aromatic rings. The van der Waals surface area contributed by atoms with Crippen molar-refractivity contribution >= 4 is 20.9 Å². The van der Waals surface area contributed by atoms with Gasteiger partial charge in [0.1, 0.15) is 10.1 Å². The van der Waals surface area contributed by atoms with Crippen LogP contribution in [0.2, 0.25) is 0 Å². The fraction of sp³-hybridized carbons (Fsp3) is 0.722. The molecule has 0 spiro atoms. The van der Waals surface area contributed by atoms with E-state index in [1.165, 1.54) is 128 Å².